The Morgan fingerprint density at radius 3 is 2.56 bits per heavy atom. The average Bonchev–Trinajstić information content (AvgIpc) is 3.18. The van der Waals surface area contributed by atoms with Gasteiger partial charge in [-0.2, -0.15) is 0 Å². The molecule has 0 unspecified atom stereocenters. The Morgan fingerprint density at radius 2 is 1.88 bits per heavy atom. The van der Waals surface area contributed by atoms with Crippen LogP contribution in [0.5, 0.6) is 11.5 Å². The van der Waals surface area contributed by atoms with E-state index in [-0.39, 0.29) is 11.3 Å². The highest BCUT2D eigenvalue weighted by atomic mass is 32.1. The summed E-state index contributed by atoms with van der Waals surface area (Å²) < 4.78 is 12.1. The van der Waals surface area contributed by atoms with E-state index in [1.165, 1.54) is 22.7 Å². The SMILES string of the molecule is CC(C)(C)c1ncc(C(=O)Nc2nc3cc4c(cc3s2)OCCO4)s1. The number of fused-ring (bicyclic) bond motifs is 2. The lowest BCUT2D eigenvalue weighted by Crippen LogP contribution is -2.15. The average molecular weight is 375 g/mol. The molecule has 0 radical (unpaired) electrons. The molecule has 0 saturated carbocycles. The first-order valence-electron chi connectivity index (χ1n) is 7.88. The Balaban J connectivity index is 1.58. The standard InChI is InChI=1S/C17H17N3O3S2/c1-17(2,3)15-18-8-13(24-15)14(21)20-16-19-9-6-10-11(7-12(9)25-16)23-5-4-22-10/h6-8H,4-5H2,1-3H3,(H,19,20,21). The number of nitrogens with one attached hydrogen (secondary N) is 1. The predicted molar refractivity (Wildman–Crippen MR) is 99.4 cm³/mol. The summed E-state index contributed by atoms with van der Waals surface area (Å²) in [6, 6.07) is 3.75. The van der Waals surface area contributed by atoms with Crippen LogP contribution in [0, 0.1) is 0 Å². The number of thiazole rings is 2. The van der Waals surface area contributed by atoms with Crippen molar-refractivity contribution in [1.82, 2.24) is 9.97 Å². The summed E-state index contributed by atoms with van der Waals surface area (Å²) in [5, 5.41) is 4.34. The van der Waals surface area contributed by atoms with Gasteiger partial charge in [0, 0.05) is 17.5 Å². The molecule has 2 aromatic heterocycles. The van der Waals surface area contributed by atoms with Crippen LogP contribution >= 0.6 is 22.7 Å². The molecule has 1 aromatic carbocycles. The van der Waals surface area contributed by atoms with E-state index in [0.29, 0.717) is 29.0 Å². The third-order valence-electron chi connectivity index (χ3n) is 3.64. The number of amides is 1. The topological polar surface area (TPSA) is 73.3 Å². The van der Waals surface area contributed by atoms with Crippen molar-refractivity contribution in [3.63, 3.8) is 0 Å². The largest absolute Gasteiger partial charge is 0.486 e. The van der Waals surface area contributed by atoms with Crippen LogP contribution in [0.4, 0.5) is 5.13 Å². The van der Waals surface area contributed by atoms with Crippen LogP contribution in [0.1, 0.15) is 35.5 Å². The van der Waals surface area contributed by atoms with E-state index in [1.807, 2.05) is 12.1 Å². The van der Waals surface area contributed by atoms with Gasteiger partial charge in [-0.1, -0.05) is 32.1 Å². The fourth-order valence-electron chi connectivity index (χ4n) is 2.40. The van der Waals surface area contributed by atoms with Crippen LogP contribution in [0.2, 0.25) is 0 Å². The highest BCUT2D eigenvalue weighted by molar-refractivity contribution is 7.22. The molecule has 0 fully saturated rings. The maximum atomic E-state index is 12.5. The number of ether oxygens (including phenoxy) is 2. The molecule has 6 nitrogen and oxygen atoms in total. The number of nitrogens with zero attached hydrogens (tertiary/aromatic N) is 2. The van der Waals surface area contributed by atoms with Crippen molar-refractivity contribution in [3.8, 4) is 11.5 Å². The fraction of sp³-hybridized carbons (Fsp3) is 0.353. The Hall–Kier alpha value is -2.19. The quantitative estimate of drug-likeness (QED) is 0.731. The minimum atomic E-state index is -0.190. The van der Waals surface area contributed by atoms with Crippen molar-refractivity contribution in [2.75, 3.05) is 18.5 Å². The van der Waals surface area contributed by atoms with E-state index in [4.69, 9.17) is 9.47 Å². The molecule has 25 heavy (non-hydrogen) atoms. The zero-order valence-corrected chi connectivity index (χ0v) is 15.7. The second-order valence-corrected chi connectivity index (χ2v) is 8.78. The number of anilines is 1. The van der Waals surface area contributed by atoms with Gasteiger partial charge in [-0.25, -0.2) is 9.97 Å². The van der Waals surface area contributed by atoms with Crippen molar-refractivity contribution >= 4 is 43.9 Å². The van der Waals surface area contributed by atoms with Crippen LogP contribution in [-0.4, -0.2) is 29.1 Å². The lowest BCUT2D eigenvalue weighted by Gasteiger charge is -2.17. The maximum absolute atomic E-state index is 12.5. The Morgan fingerprint density at radius 1 is 1.16 bits per heavy atom. The van der Waals surface area contributed by atoms with Crippen molar-refractivity contribution in [2.24, 2.45) is 0 Å². The molecule has 0 atom stereocenters. The van der Waals surface area contributed by atoms with Gasteiger partial charge >= 0.3 is 0 Å². The third-order valence-corrected chi connectivity index (χ3v) is 6.00. The Bertz CT molecular complexity index is 913. The second kappa shape index (κ2) is 5.96. The molecule has 1 aliphatic heterocycles. The number of carbonyl (C=O) groups is 1. The minimum Gasteiger partial charge on any atom is -0.486 e. The molecule has 4 rings (SSSR count). The van der Waals surface area contributed by atoms with E-state index in [1.54, 1.807) is 6.20 Å². The van der Waals surface area contributed by atoms with E-state index in [2.05, 4.69) is 36.1 Å². The lowest BCUT2D eigenvalue weighted by atomic mass is 9.98. The number of aromatic nitrogens is 2. The minimum absolute atomic E-state index is 0.0713. The number of rotatable bonds is 2. The normalized spacial score (nSPS) is 13.9. The zero-order chi connectivity index (χ0) is 17.6. The molecule has 0 saturated heterocycles. The summed E-state index contributed by atoms with van der Waals surface area (Å²) in [5.74, 6) is 1.22. The highest BCUT2D eigenvalue weighted by Gasteiger charge is 2.21. The summed E-state index contributed by atoms with van der Waals surface area (Å²) in [6.07, 6.45) is 1.62. The van der Waals surface area contributed by atoms with Gasteiger partial charge in [-0.3, -0.25) is 10.1 Å². The summed E-state index contributed by atoms with van der Waals surface area (Å²) in [5.41, 5.74) is 0.710. The first-order chi connectivity index (χ1) is 11.9. The smallest absolute Gasteiger partial charge is 0.269 e. The molecular weight excluding hydrogens is 358 g/mol. The van der Waals surface area contributed by atoms with Gasteiger partial charge in [0.05, 0.1) is 21.4 Å². The van der Waals surface area contributed by atoms with Crippen LogP contribution in [0.25, 0.3) is 10.2 Å². The maximum Gasteiger partial charge on any atom is 0.269 e. The van der Waals surface area contributed by atoms with Gasteiger partial charge < -0.3 is 9.47 Å². The first kappa shape index (κ1) is 16.3. The summed E-state index contributed by atoms with van der Waals surface area (Å²) in [6.45, 7) is 7.31. The molecule has 8 heteroatoms. The first-order valence-corrected chi connectivity index (χ1v) is 9.51. The van der Waals surface area contributed by atoms with Gasteiger partial charge in [0.25, 0.3) is 5.91 Å². The molecule has 1 N–H and O–H groups in total. The number of hydrogen-bond acceptors (Lipinski definition) is 7. The monoisotopic (exact) mass is 375 g/mol. The van der Waals surface area contributed by atoms with Gasteiger partial charge in [-0.05, 0) is 0 Å². The van der Waals surface area contributed by atoms with Crippen LogP contribution in [0.15, 0.2) is 18.3 Å². The second-order valence-electron chi connectivity index (χ2n) is 6.72. The van der Waals surface area contributed by atoms with E-state index >= 15 is 0 Å². The van der Waals surface area contributed by atoms with Gasteiger partial charge in [0.1, 0.15) is 18.1 Å². The molecule has 0 spiro atoms. The molecule has 1 aliphatic rings. The summed E-state index contributed by atoms with van der Waals surface area (Å²) in [4.78, 5) is 21.9. The summed E-state index contributed by atoms with van der Waals surface area (Å²) in [7, 11) is 0. The van der Waals surface area contributed by atoms with Crippen LogP contribution in [0.3, 0.4) is 0 Å². The fourth-order valence-corrected chi connectivity index (χ4v) is 4.14. The molecule has 0 bridgehead atoms. The van der Waals surface area contributed by atoms with Gasteiger partial charge in [0.2, 0.25) is 0 Å². The van der Waals surface area contributed by atoms with Crippen molar-refractivity contribution < 1.29 is 14.3 Å². The van der Waals surface area contributed by atoms with Crippen molar-refractivity contribution in [3.05, 3.63) is 28.2 Å². The summed E-state index contributed by atoms with van der Waals surface area (Å²) >= 11 is 2.82. The number of benzene rings is 1. The predicted octanol–water partition coefficient (Wildman–Crippen LogP) is 4.07. The van der Waals surface area contributed by atoms with Gasteiger partial charge in [-0.15, -0.1) is 11.3 Å². The zero-order valence-electron chi connectivity index (χ0n) is 14.1. The molecule has 1 amide bonds. The lowest BCUT2D eigenvalue weighted by molar-refractivity contribution is 0.103. The molecule has 3 aromatic rings. The molecule has 3 heterocycles. The third kappa shape index (κ3) is 3.19. The van der Waals surface area contributed by atoms with E-state index in [9.17, 15) is 4.79 Å². The Labute approximate surface area is 152 Å². The van der Waals surface area contributed by atoms with E-state index in [0.717, 1.165) is 21.0 Å². The number of hydrogen-bond donors (Lipinski definition) is 1. The Kier molecular flexibility index (Phi) is 3.88. The molecular formula is C17H17N3O3S2. The molecule has 0 aliphatic carbocycles. The van der Waals surface area contributed by atoms with Crippen LogP contribution < -0.4 is 14.8 Å². The van der Waals surface area contributed by atoms with Gasteiger partial charge in [0.15, 0.2) is 16.6 Å². The highest BCUT2D eigenvalue weighted by Crippen LogP contribution is 2.38. The molecule has 130 valence electrons. The number of carbonyl (C=O) groups excluding carboxylic acids is 1. The van der Waals surface area contributed by atoms with Crippen molar-refractivity contribution in [2.45, 2.75) is 26.2 Å². The van der Waals surface area contributed by atoms with Crippen LogP contribution in [-0.2, 0) is 5.41 Å². The van der Waals surface area contributed by atoms with Crippen molar-refractivity contribution in [1.29, 1.82) is 0 Å². The van der Waals surface area contributed by atoms with E-state index < -0.39 is 0 Å².